The van der Waals surface area contributed by atoms with Crippen LogP contribution in [0.3, 0.4) is 0 Å². The lowest BCUT2D eigenvalue weighted by atomic mass is 10.1. The zero-order valence-electron chi connectivity index (χ0n) is 9.69. The summed E-state index contributed by atoms with van der Waals surface area (Å²) in [7, 11) is 0. The van der Waals surface area contributed by atoms with Gasteiger partial charge in [0.1, 0.15) is 5.52 Å². The standard InChI is InChI=1S/C13H13N3OS/c14-4-6-18-8-1-2-11-10(7-8)9-3-5-15-12(9)13(17)16-11/h1-3,5,7,15H,4,6,14H2,(H,16,17). The Kier molecular flexibility index (Phi) is 2.85. The molecule has 0 spiro atoms. The normalized spacial score (nSPS) is 11.4. The minimum absolute atomic E-state index is 0.0788. The molecule has 0 amide bonds. The Balaban J connectivity index is 2.25. The summed E-state index contributed by atoms with van der Waals surface area (Å²) < 4.78 is 0. The second-order valence-electron chi connectivity index (χ2n) is 4.06. The van der Waals surface area contributed by atoms with E-state index >= 15 is 0 Å². The topological polar surface area (TPSA) is 74.7 Å². The highest BCUT2D eigenvalue weighted by molar-refractivity contribution is 7.99. The van der Waals surface area contributed by atoms with Crippen molar-refractivity contribution < 1.29 is 0 Å². The van der Waals surface area contributed by atoms with Gasteiger partial charge in [0.15, 0.2) is 0 Å². The number of fused-ring (bicyclic) bond motifs is 3. The van der Waals surface area contributed by atoms with Crippen LogP contribution in [0.15, 0.2) is 40.2 Å². The maximum atomic E-state index is 11.8. The molecule has 5 heteroatoms. The Morgan fingerprint density at radius 3 is 2.94 bits per heavy atom. The molecule has 92 valence electrons. The third kappa shape index (κ3) is 1.81. The molecule has 2 aromatic heterocycles. The average Bonchev–Trinajstić information content (AvgIpc) is 2.87. The van der Waals surface area contributed by atoms with Gasteiger partial charge in [0.25, 0.3) is 5.56 Å². The minimum atomic E-state index is -0.0788. The first-order chi connectivity index (χ1) is 8.79. The van der Waals surface area contributed by atoms with E-state index in [-0.39, 0.29) is 5.56 Å². The van der Waals surface area contributed by atoms with Crippen molar-refractivity contribution in [1.29, 1.82) is 0 Å². The number of aromatic amines is 2. The second-order valence-corrected chi connectivity index (χ2v) is 5.23. The summed E-state index contributed by atoms with van der Waals surface area (Å²) in [5.74, 6) is 0.894. The number of aromatic nitrogens is 2. The summed E-state index contributed by atoms with van der Waals surface area (Å²) in [4.78, 5) is 18.8. The van der Waals surface area contributed by atoms with Crippen molar-refractivity contribution in [3.8, 4) is 0 Å². The third-order valence-electron chi connectivity index (χ3n) is 2.89. The van der Waals surface area contributed by atoms with E-state index in [1.807, 2.05) is 18.2 Å². The Bertz CT molecular complexity index is 760. The first-order valence-electron chi connectivity index (χ1n) is 5.75. The molecule has 0 atom stereocenters. The van der Waals surface area contributed by atoms with Crippen molar-refractivity contribution in [1.82, 2.24) is 9.97 Å². The van der Waals surface area contributed by atoms with E-state index in [4.69, 9.17) is 5.73 Å². The fourth-order valence-electron chi connectivity index (χ4n) is 2.09. The van der Waals surface area contributed by atoms with Crippen LogP contribution in [0.1, 0.15) is 0 Å². The number of pyridine rings is 1. The lowest BCUT2D eigenvalue weighted by Gasteiger charge is -2.04. The molecule has 18 heavy (non-hydrogen) atoms. The fraction of sp³-hybridized carbons (Fsp3) is 0.154. The zero-order valence-corrected chi connectivity index (χ0v) is 10.5. The number of H-pyrrole nitrogens is 2. The highest BCUT2D eigenvalue weighted by Crippen LogP contribution is 2.26. The minimum Gasteiger partial charge on any atom is -0.357 e. The van der Waals surface area contributed by atoms with Crippen LogP contribution < -0.4 is 11.3 Å². The Morgan fingerprint density at radius 2 is 2.11 bits per heavy atom. The van der Waals surface area contributed by atoms with Gasteiger partial charge in [-0.05, 0) is 24.3 Å². The molecule has 4 N–H and O–H groups in total. The van der Waals surface area contributed by atoms with E-state index in [1.165, 1.54) is 4.90 Å². The van der Waals surface area contributed by atoms with Gasteiger partial charge in [-0.2, -0.15) is 0 Å². The highest BCUT2D eigenvalue weighted by Gasteiger charge is 2.06. The SMILES string of the molecule is NCCSc1ccc2[nH]c(=O)c3[nH]ccc3c2c1. The van der Waals surface area contributed by atoms with Gasteiger partial charge in [-0.3, -0.25) is 4.79 Å². The second kappa shape index (κ2) is 4.51. The summed E-state index contributed by atoms with van der Waals surface area (Å²) in [5.41, 5.74) is 6.92. The molecule has 0 aliphatic carbocycles. The molecule has 0 bridgehead atoms. The predicted molar refractivity (Wildman–Crippen MR) is 76.2 cm³/mol. The highest BCUT2D eigenvalue weighted by atomic mass is 32.2. The van der Waals surface area contributed by atoms with Gasteiger partial charge >= 0.3 is 0 Å². The lowest BCUT2D eigenvalue weighted by molar-refractivity contribution is 1.15. The predicted octanol–water partition coefficient (Wildman–Crippen LogP) is 2.06. The van der Waals surface area contributed by atoms with E-state index in [2.05, 4.69) is 16.0 Å². The van der Waals surface area contributed by atoms with Crippen molar-refractivity contribution in [2.24, 2.45) is 5.73 Å². The Hall–Kier alpha value is -1.72. The molecule has 0 radical (unpaired) electrons. The van der Waals surface area contributed by atoms with Gasteiger partial charge in [0.2, 0.25) is 0 Å². The van der Waals surface area contributed by atoms with Gasteiger partial charge in [-0.15, -0.1) is 11.8 Å². The lowest BCUT2D eigenvalue weighted by Crippen LogP contribution is -2.06. The van der Waals surface area contributed by atoms with Gasteiger partial charge in [0, 0.05) is 39.7 Å². The summed E-state index contributed by atoms with van der Waals surface area (Å²) in [5, 5.41) is 2.02. The molecule has 0 aliphatic rings. The zero-order chi connectivity index (χ0) is 12.5. The molecule has 1 aromatic carbocycles. The van der Waals surface area contributed by atoms with Gasteiger partial charge in [-0.1, -0.05) is 0 Å². The molecule has 0 aliphatic heterocycles. The number of thioether (sulfide) groups is 1. The number of hydrogen-bond acceptors (Lipinski definition) is 3. The van der Waals surface area contributed by atoms with Crippen molar-refractivity contribution in [2.75, 3.05) is 12.3 Å². The van der Waals surface area contributed by atoms with Crippen molar-refractivity contribution in [2.45, 2.75) is 4.90 Å². The molecule has 3 rings (SSSR count). The summed E-state index contributed by atoms with van der Waals surface area (Å²) >= 11 is 1.72. The smallest absolute Gasteiger partial charge is 0.272 e. The van der Waals surface area contributed by atoms with Gasteiger partial charge in [-0.25, -0.2) is 0 Å². The van der Waals surface area contributed by atoms with E-state index in [9.17, 15) is 4.79 Å². The van der Waals surface area contributed by atoms with Crippen molar-refractivity contribution in [3.63, 3.8) is 0 Å². The molecule has 4 nitrogen and oxygen atoms in total. The Labute approximate surface area is 108 Å². The Morgan fingerprint density at radius 1 is 1.22 bits per heavy atom. The van der Waals surface area contributed by atoms with E-state index in [0.717, 1.165) is 22.0 Å². The first-order valence-corrected chi connectivity index (χ1v) is 6.74. The molecular weight excluding hydrogens is 246 g/mol. The molecule has 0 fully saturated rings. The van der Waals surface area contributed by atoms with Crippen LogP contribution in [-0.4, -0.2) is 22.3 Å². The van der Waals surface area contributed by atoms with Crippen LogP contribution in [0.25, 0.3) is 21.8 Å². The molecule has 0 unspecified atom stereocenters. The van der Waals surface area contributed by atoms with Crippen molar-refractivity contribution >= 4 is 33.6 Å². The number of nitrogens with two attached hydrogens (primary N) is 1. The summed E-state index contributed by atoms with van der Waals surface area (Å²) in [6, 6.07) is 7.99. The number of rotatable bonds is 3. The van der Waals surface area contributed by atoms with Crippen molar-refractivity contribution in [3.05, 3.63) is 40.8 Å². The maximum absolute atomic E-state index is 11.8. The largest absolute Gasteiger partial charge is 0.357 e. The number of benzene rings is 1. The first kappa shape index (κ1) is 11.4. The van der Waals surface area contributed by atoms with Gasteiger partial charge in [0.05, 0.1) is 0 Å². The molecule has 0 saturated heterocycles. The third-order valence-corrected chi connectivity index (χ3v) is 3.92. The van der Waals surface area contributed by atoms with Gasteiger partial charge < -0.3 is 15.7 Å². The maximum Gasteiger partial charge on any atom is 0.272 e. The quantitative estimate of drug-likeness (QED) is 0.630. The van der Waals surface area contributed by atoms with Crippen LogP contribution in [0, 0.1) is 0 Å². The molecule has 2 heterocycles. The van der Waals surface area contributed by atoms with Crippen LogP contribution in [0.4, 0.5) is 0 Å². The van der Waals surface area contributed by atoms with E-state index < -0.39 is 0 Å². The van der Waals surface area contributed by atoms with E-state index in [1.54, 1.807) is 18.0 Å². The average molecular weight is 259 g/mol. The molecule has 3 aromatic rings. The van der Waals surface area contributed by atoms with Crippen LogP contribution in [-0.2, 0) is 0 Å². The monoisotopic (exact) mass is 259 g/mol. The van der Waals surface area contributed by atoms with Crippen LogP contribution in [0.5, 0.6) is 0 Å². The summed E-state index contributed by atoms with van der Waals surface area (Å²) in [6.07, 6.45) is 1.79. The van der Waals surface area contributed by atoms with Crippen LogP contribution >= 0.6 is 11.8 Å². The molecular formula is C13H13N3OS. The van der Waals surface area contributed by atoms with Crippen LogP contribution in [0.2, 0.25) is 0 Å². The van der Waals surface area contributed by atoms with E-state index in [0.29, 0.717) is 12.1 Å². The fourth-order valence-corrected chi connectivity index (χ4v) is 2.81. The summed E-state index contributed by atoms with van der Waals surface area (Å²) in [6.45, 7) is 0.661. The number of hydrogen-bond donors (Lipinski definition) is 3. The molecule has 0 saturated carbocycles. The number of nitrogens with one attached hydrogen (secondary N) is 2.